The maximum atomic E-state index is 12.1. The van der Waals surface area contributed by atoms with Crippen molar-refractivity contribution < 1.29 is 19.8 Å². The molecule has 2 atom stereocenters. The molecule has 108 valence electrons. The lowest BCUT2D eigenvalue weighted by Gasteiger charge is -2.20. The molecular weight excluding hydrogens is 302 g/mol. The van der Waals surface area contributed by atoms with Gasteiger partial charge in [-0.3, -0.25) is 4.79 Å². The van der Waals surface area contributed by atoms with Gasteiger partial charge in [0.1, 0.15) is 6.04 Å². The van der Waals surface area contributed by atoms with Crippen LogP contribution in [0.15, 0.2) is 29.2 Å². The van der Waals surface area contributed by atoms with Crippen molar-refractivity contribution in [2.24, 2.45) is 0 Å². The first kappa shape index (κ1) is 15.2. The molecule has 20 heavy (non-hydrogen) atoms. The Morgan fingerprint density at radius 2 is 2.10 bits per heavy atom. The molecule has 1 saturated heterocycles. The Labute approximate surface area is 125 Å². The van der Waals surface area contributed by atoms with E-state index in [0.29, 0.717) is 5.02 Å². The molecule has 2 rings (SSSR count). The second kappa shape index (κ2) is 6.47. The third kappa shape index (κ3) is 3.45. The molecule has 0 radical (unpaired) electrons. The summed E-state index contributed by atoms with van der Waals surface area (Å²) >= 11 is 7.25. The number of β-amino-alcohol motifs (C(OH)–C–C–N with tert-alkyl or cyclic N) is 1. The average molecular weight is 316 g/mol. The van der Waals surface area contributed by atoms with Crippen molar-refractivity contribution in [1.82, 2.24) is 4.90 Å². The van der Waals surface area contributed by atoms with Gasteiger partial charge >= 0.3 is 5.97 Å². The number of carbonyl (C=O) groups is 2. The predicted molar refractivity (Wildman–Crippen MR) is 75.9 cm³/mol. The van der Waals surface area contributed by atoms with Crippen LogP contribution in [0.5, 0.6) is 0 Å². The molecule has 0 spiro atoms. The first-order valence-corrected chi connectivity index (χ1v) is 7.43. The summed E-state index contributed by atoms with van der Waals surface area (Å²) in [6.07, 6.45) is -0.692. The fourth-order valence-electron chi connectivity index (χ4n) is 2.11. The van der Waals surface area contributed by atoms with E-state index in [1.54, 1.807) is 18.2 Å². The molecular formula is C13H14ClNO4S. The van der Waals surface area contributed by atoms with Crippen LogP contribution >= 0.6 is 23.4 Å². The van der Waals surface area contributed by atoms with E-state index in [9.17, 15) is 14.7 Å². The highest BCUT2D eigenvalue weighted by molar-refractivity contribution is 8.00. The van der Waals surface area contributed by atoms with E-state index in [4.69, 9.17) is 16.7 Å². The van der Waals surface area contributed by atoms with Gasteiger partial charge in [0.2, 0.25) is 5.91 Å². The van der Waals surface area contributed by atoms with Crippen LogP contribution in [-0.4, -0.2) is 51.4 Å². The van der Waals surface area contributed by atoms with Crippen molar-refractivity contribution >= 4 is 35.2 Å². The highest BCUT2D eigenvalue weighted by Crippen LogP contribution is 2.28. The topological polar surface area (TPSA) is 77.8 Å². The van der Waals surface area contributed by atoms with E-state index in [-0.39, 0.29) is 24.6 Å². The predicted octanol–water partition coefficient (Wildman–Crippen LogP) is 1.48. The number of rotatable bonds is 4. The number of carbonyl (C=O) groups excluding carboxylic acids is 1. The normalized spacial score (nSPS) is 22.0. The van der Waals surface area contributed by atoms with Gasteiger partial charge in [0, 0.05) is 17.9 Å². The summed E-state index contributed by atoms with van der Waals surface area (Å²) in [6.45, 7) is 0.0683. The van der Waals surface area contributed by atoms with Gasteiger partial charge in [-0.05, 0) is 12.1 Å². The molecule has 1 aromatic rings. The minimum absolute atomic E-state index is 0.0683. The standard InChI is InChI=1S/C13H14ClNO4S/c14-9-3-1-2-4-11(9)20-7-12(17)15-6-8(16)5-10(15)13(18)19/h1-4,8,10,16H,5-7H2,(H,18,19). The summed E-state index contributed by atoms with van der Waals surface area (Å²) in [6, 6.07) is 6.20. The highest BCUT2D eigenvalue weighted by Gasteiger charge is 2.38. The largest absolute Gasteiger partial charge is 0.480 e. The van der Waals surface area contributed by atoms with Gasteiger partial charge in [-0.15, -0.1) is 11.8 Å². The third-order valence-corrected chi connectivity index (χ3v) is 4.57. The van der Waals surface area contributed by atoms with Crippen LogP contribution in [0.2, 0.25) is 5.02 Å². The van der Waals surface area contributed by atoms with Gasteiger partial charge in [-0.2, -0.15) is 0 Å². The van der Waals surface area contributed by atoms with E-state index in [1.165, 1.54) is 16.7 Å². The fourth-order valence-corrected chi connectivity index (χ4v) is 3.23. The Kier molecular flexibility index (Phi) is 4.91. The van der Waals surface area contributed by atoms with Gasteiger partial charge in [-0.25, -0.2) is 4.79 Å². The lowest BCUT2D eigenvalue weighted by molar-refractivity contribution is -0.147. The number of likely N-dealkylation sites (tertiary alicyclic amines) is 1. The number of hydrogen-bond acceptors (Lipinski definition) is 4. The zero-order valence-electron chi connectivity index (χ0n) is 10.5. The molecule has 2 N–H and O–H groups in total. The molecule has 1 amide bonds. The molecule has 1 heterocycles. The van der Waals surface area contributed by atoms with Crippen molar-refractivity contribution in [2.45, 2.75) is 23.5 Å². The quantitative estimate of drug-likeness (QED) is 0.823. The summed E-state index contributed by atoms with van der Waals surface area (Å²) < 4.78 is 0. The number of carboxylic acid groups (broad SMARTS) is 1. The van der Waals surface area contributed by atoms with Crippen molar-refractivity contribution in [2.75, 3.05) is 12.3 Å². The van der Waals surface area contributed by atoms with Crippen LogP contribution < -0.4 is 0 Å². The van der Waals surface area contributed by atoms with Crippen LogP contribution in [0.4, 0.5) is 0 Å². The molecule has 0 saturated carbocycles. The summed E-state index contributed by atoms with van der Waals surface area (Å²) in [5.74, 6) is -1.29. The zero-order chi connectivity index (χ0) is 14.7. The van der Waals surface area contributed by atoms with Gasteiger partial charge in [0.05, 0.1) is 16.9 Å². The maximum Gasteiger partial charge on any atom is 0.326 e. The smallest absolute Gasteiger partial charge is 0.326 e. The molecule has 0 aromatic heterocycles. The van der Waals surface area contributed by atoms with Crippen molar-refractivity contribution in [1.29, 1.82) is 0 Å². The molecule has 0 bridgehead atoms. The number of carboxylic acids is 1. The number of thioether (sulfide) groups is 1. The molecule has 1 aliphatic rings. The lowest BCUT2D eigenvalue weighted by Crippen LogP contribution is -2.41. The van der Waals surface area contributed by atoms with E-state index in [0.717, 1.165) is 4.90 Å². The van der Waals surface area contributed by atoms with Crippen molar-refractivity contribution in [3.8, 4) is 0 Å². The first-order chi connectivity index (χ1) is 9.49. The van der Waals surface area contributed by atoms with Gasteiger partial charge in [0.25, 0.3) is 0 Å². The summed E-state index contributed by atoms with van der Waals surface area (Å²) in [4.78, 5) is 25.1. The van der Waals surface area contributed by atoms with E-state index >= 15 is 0 Å². The number of aliphatic hydroxyl groups is 1. The number of nitrogens with zero attached hydrogens (tertiary/aromatic N) is 1. The van der Waals surface area contributed by atoms with Gasteiger partial charge in [0.15, 0.2) is 0 Å². The van der Waals surface area contributed by atoms with E-state index in [2.05, 4.69) is 0 Å². The SMILES string of the molecule is O=C(O)C1CC(O)CN1C(=O)CSc1ccccc1Cl. The second-order valence-electron chi connectivity index (χ2n) is 4.51. The summed E-state index contributed by atoms with van der Waals surface area (Å²) in [5.41, 5.74) is 0. The van der Waals surface area contributed by atoms with Crippen LogP contribution in [0.1, 0.15) is 6.42 Å². The summed E-state index contributed by atoms with van der Waals surface area (Å²) in [7, 11) is 0. The van der Waals surface area contributed by atoms with Crippen LogP contribution in [0.3, 0.4) is 0 Å². The van der Waals surface area contributed by atoms with Crippen LogP contribution in [-0.2, 0) is 9.59 Å². The number of amides is 1. The number of benzene rings is 1. The average Bonchev–Trinajstić information content (AvgIpc) is 2.80. The molecule has 7 heteroatoms. The molecule has 1 aromatic carbocycles. The van der Waals surface area contributed by atoms with E-state index in [1.807, 2.05) is 6.07 Å². The minimum Gasteiger partial charge on any atom is -0.480 e. The zero-order valence-corrected chi connectivity index (χ0v) is 12.1. The Balaban J connectivity index is 1.98. The number of hydrogen-bond donors (Lipinski definition) is 2. The number of aliphatic hydroxyl groups excluding tert-OH is 1. The highest BCUT2D eigenvalue weighted by atomic mass is 35.5. The van der Waals surface area contributed by atoms with Gasteiger partial charge < -0.3 is 15.1 Å². The fraction of sp³-hybridized carbons (Fsp3) is 0.385. The Bertz CT molecular complexity index is 525. The van der Waals surface area contributed by atoms with Crippen LogP contribution in [0, 0.1) is 0 Å². The summed E-state index contributed by atoms with van der Waals surface area (Å²) in [5, 5.41) is 19.1. The van der Waals surface area contributed by atoms with Crippen molar-refractivity contribution in [3.63, 3.8) is 0 Å². The Morgan fingerprint density at radius 3 is 2.75 bits per heavy atom. The number of halogens is 1. The lowest BCUT2D eigenvalue weighted by atomic mass is 10.2. The minimum atomic E-state index is -1.09. The molecule has 1 fully saturated rings. The van der Waals surface area contributed by atoms with Gasteiger partial charge in [-0.1, -0.05) is 23.7 Å². The second-order valence-corrected chi connectivity index (χ2v) is 5.93. The first-order valence-electron chi connectivity index (χ1n) is 6.06. The van der Waals surface area contributed by atoms with Crippen LogP contribution in [0.25, 0.3) is 0 Å². The third-order valence-electron chi connectivity index (χ3n) is 3.07. The maximum absolute atomic E-state index is 12.1. The Morgan fingerprint density at radius 1 is 1.40 bits per heavy atom. The number of aliphatic carboxylic acids is 1. The monoisotopic (exact) mass is 315 g/mol. The molecule has 0 aliphatic carbocycles. The Hall–Kier alpha value is -1.24. The molecule has 1 aliphatic heterocycles. The van der Waals surface area contributed by atoms with Crippen molar-refractivity contribution in [3.05, 3.63) is 29.3 Å². The molecule has 5 nitrogen and oxygen atoms in total. The molecule has 2 unspecified atom stereocenters. The van der Waals surface area contributed by atoms with E-state index < -0.39 is 18.1 Å².